The van der Waals surface area contributed by atoms with Gasteiger partial charge >= 0.3 is 0 Å². The predicted molar refractivity (Wildman–Crippen MR) is 129 cm³/mol. The van der Waals surface area contributed by atoms with Crippen LogP contribution in [0.4, 0.5) is 10.2 Å². The largest absolute Gasteiger partial charge is 0.384 e. The van der Waals surface area contributed by atoms with Crippen LogP contribution in [0.5, 0.6) is 0 Å². The number of hydrogen-bond acceptors (Lipinski definition) is 6. The van der Waals surface area contributed by atoms with Gasteiger partial charge in [-0.2, -0.15) is 0 Å². The van der Waals surface area contributed by atoms with Crippen LogP contribution in [0.25, 0.3) is 0 Å². The highest BCUT2D eigenvalue weighted by molar-refractivity contribution is 6.35. The highest BCUT2D eigenvalue weighted by atomic mass is 35.5. The zero-order chi connectivity index (χ0) is 22.5. The third-order valence-corrected chi connectivity index (χ3v) is 4.63. The summed E-state index contributed by atoms with van der Waals surface area (Å²) in [5.41, 5.74) is 11.1. The topological polar surface area (TPSA) is 106 Å². The Hall–Kier alpha value is -2.32. The smallest absolute Gasteiger partial charge is 0.199 e. The zero-order valence-corrected chi connectivity index (χ0v) is 18.3. The van der Waals surface area contributed by atoms with E-state index in [-0.39, 0.29) is 35.4 Å². The first kappa shape index (κ1) is 28.7. The van der Waals surface area contributed by atoms with Crippen LogP contribution >= 0.6 is 11.6 Å². The highest BCUT2D eigenvalue weighted by Gasteiger charge is 2.24. The number of carbonyl (C=O) groups is 1. The lowest BCUT2D eigenvalue weighted by Crippen LogP contribution is -2.23. The Labute approximate surface area is 190 Å². The second kappa shape index (κ2) is 15.5. The van der Waals surface area contributed by atoms with Gasteiger partial charge in [-0.25, -0.2) is 9.37 Å². The van der Waals surface area contributed by atoms with E-state index in [0.29, 0.717) is 18.5 Å². The molecule has 0 amide bonds. The first-order valence-electron chi connectivity index (χ1n) is 9.84. The van der Waals surface area contributed by atoms with Crippen molar-refractivity contribution in [1.29, 1.82) is 0 Å². The molecule has 1 heterocycles. The van der Waals surface area contributed by atoms with Crippen LogP contribution < -0.4 is 22.1 Å². The Kier molecular flexibility index (Phi) is 14.3. The van der Waals surface area contributed by atoms with E-state index in [9.17, 15) is 4.79 Å². The summed E-state index contributed by atoms with van der Waals surface area (Å²) in [4.78, 5) is 16.6. The van der Waals surface area contributed by atoms with Crippen molar-refractivity contribution in [1.82, 2.24) is 15.6 Å². The molecule has 31 heavy (non-hydrogen) atoms. The number of benzene rings is 1. The van der Waals surface area contributed by atoms with Gasteiger partial charge in [-0.15, -0.1) is 6.58 Å². The van der Waals surface area contributed by atoms with Gasteiger partial charge in [-0.05, 0) is 44.6 Å². The molecular formula is C23H35ClFN5O. The van der Waals surface area contributed by atoms with Gasteiger partial charge in [0.25, 0.3) is 0 Å². The molecule has 8 heteroatoms. The molecule has 0 aliphatic rings. The number of aromatic nitrogens is 1. The summed E-state index contributed by atoms with van der Waals surface area (Å²) in [6, 6.07) is 5.95. The Bertz CT molecular complexity index is 812. The number of carbonyl (C=O) groups excluding carboxylic acids is 1. The molecule has 0 bridgehead atoms. The third-order valence-electron chi connectivity index (χ3n) is 4.31. The summed E-state index contributed by atoms with van der Waals surface area (Å²) in [6.07, 6.45) is 4.56. The molecule has 0 aliphatic heterocycles. The van der Waals surface area contributed by atoms with Crippen LogP contribution in [0.15, 0.2) is 43.1 Å². The van der Waals surface area contributed by atoms with Crippen LogP contribution in [-0.4, -0.2) is 37.4 Å². The Morgan fingerprint density at radius 3 is 2.52 bits per heavy atom. The summed E-state index contributed by atoms with van der Waals surface area (Å²) >= 11 is 6.11. The molecule has 172 valence electrons. The summed E-state index contributed by atoms with van der Waals surface area (Å²) in [5.74, 6) is -0.834. The Balaban J connectivity index is 0.00000135. The van der Waals surface area contributed by atoms with E-state index < -0.39 is 11.6 Å². The van der Waals surface area contributed by atoms with Crippen LogP contribution in [-0.2, 0) is 0 Å². The maximum Gasteiger partial charge on any atom is 0.199 e. The summed E-state index contributed by atoms with van der Waals surface area (Å²) < 4.78 is 15.1. The molecule has 0 saturated carbocycles. The molecule has 0 spiro atoms. The standard InChI is InChI=1S/C19H21ClFN3O.C3H10N2.CH4/c1-3-5-10-23-15(4-2)13-7-8-14(20)17(18(13)21)19(25)12-6-9-16(22)24-11-12;1-5-3-2-4;/h3,6-9,11,15,23H,1,4-5,10H2,2H3,(H2,22,24);5H,2-4H2,1H3;1H4. The molecule has 0 fully saturated rings. The lowest BCUT2D eigenvalue weighted by atomic mass is 9.96. The van der Waals surface area contributed by atoms with E-state index in [4.69, 9.17) is 23.1 Å². The molecule has 2 rings (SSSR count). The molecule has 0 radical (unpaired) electrons. The second-order valence-electron chi connectivity index (χ2n) is 6.51. The second-order valence-corrected chi connectivity index (χ2v) is 6.92. The molecule has 6 N–H and O–H groups in total. The van der Waals surface area contributed by atoms with Gasteiger partial charge in [-0.3, -0.25) is 4.79 Å². The van der Waals surface area contributed by atoms with Gasteiger partial charge in [0.2, 0.25) is 0 Å². The number of nitrogens with two attached hydrogens (primary N) is 2. The average Bonchev–Trinajstić information content (AvgIpc) is 2.73. The van der Waals surface area contributed by atoms with Crippen molar-refractivity contribution in [2.75, 3.05) is 32.4 Å². The van der Waals surface area contributed by atoms with Gasteiger partial charge in [0.05, 0.1) is 10.6 Å². The molecule has 6 nitrogen and oxygen atoms in total. The van der Waals surface area contributed by atoms with Gasteiger partial charge in [0, 0.05) is 36.5 Å². The average molecular weight is 452 g/mol. The van der Waals surface area contributed by atoms with Crippen LogP contribution in [0, 0.1) is 5.82 Å². The van der Waals surface area contributed by atoms with Crippen molar-refractivity contribution in [3.63, 3.8) is 0 Å². The first-order chi connectivity index (χ1) is 14.4. The number of likely N-dealkylation sites (N-methyl/N-ethyl adjacent to an activating group) is 1. The van der Waals surface area contributed by atoms with Crippen LogP contribution in [0.2, 0.25) is 5.02 Å². The van der Waals surface area contributed by atoms with Crippen molar-refractivity contribution in [2.24, 2.45) is 5.73 Å². The number of nitrogen functional groups attached to an aromatic ring is 1. The summed E-state index contributed by atoms with van der Waals surface area (Å²) in [5, 5.41) is 6.23. The molecule has 2 aromatic rings. The van der Waals surface area contributed by atoms with Gasteiger partial charge in [-0.1, -0.05) is 38.1 Å². The van der Waals surface area contributed by atoms with Crippen molar-refractivity contribution in [2.45, 2.75) is 33.2 Å². The fourth-order valence-electron chi connectivity index (χ4n) is 2.71. The summed E-state index contributed by atoms with van der Waals surface area (Å²) in [7, 11) is 1.88. The molecule has 1 aromatic heterocycles. The van der Waals surface area contributed by atoms with Crippen LogP contribution in [0.3, 0.4) is 0 Å². The fourth-order valence-corrected chi connectivity index (χ4v) is 2.94. The van der Waals surface area contributed by atoms with Crippen molar-refractivity contribution in [3.8, 4) is 0 Å². The number of anilines is 1. The number of hydrogen-bond donors (Lipinski definition) is 4. The Morgan fingerprint density at radius 1 is 1.32 bits per heavy atom. The minimum absolute atomic E-state index is 0. The van der Waals surface area contributed by atoms with Gasteiger partial charge in [0.15, 0.2) is 5.78 Å². The predicted octanol–water partition coefficient (Wildman–Crippen LogP) is 4.10. The molecule has 1 aromatic carbocycles. The maximum atomic E-state index is 15.1. The monoisotopic (exact) mass is 451 g/mol. The summed E-state index contributed by atoms with van der Waals surface area (Å²) in [6.45, 7) is 7.95. The number of halogens is 2. The van der Waals surface area contributed by atoms with E-state index in [0.717, 1.165) is 19.5 Å². The number of nitrogens with one attached hydrogen (secondary N) is 2. The number of ketones is 1. The van der Waals surface area contributed by atoms with Gasteiger partial charge in [0.1, 0.15) is 11.6 Å². The third kappa shape index (κ3) is 8.75. The number of nitrogens with zero attached hydrogens (tertiary/aromatic N) is 1. The van der Waals surface area contributed by atoms with E-state index >= 15 is 4.39 Å². The van der Waals surface area contributed by atoms with E-state index in [1.165, 1.54) is 18.3 Å². The highest BCUT2D eigenvalue weighted by Crippen LogP contribution is 2.29. The Morgan fingerprint density at radius 2 is 2.03 bits per heavy atom. The van der Waals surface area contributed by atoms with Gasteiger partial charge < -0.3 is 22.1 Å². The molecule has 0 aliphatic carbocycles. The molecular weight excluding hydrogens is 417 g/mol. The number of rotatable bonds is 10. The maximum absolute atomic E-state index is 15.1. The number of pyridine rings is 1. The van der Waals surface area contributed by atoms with E-state index in [1.807, 2.05) is 14.0 Å². The lowest BCUT2D eigenvalue weighted by Gasteiger charge is -2.19. The lowest BCUT2D eigenvalue weighted by molar-refractivity contribution is 0.103. The quantitative estimate of drug-likeness (QED) is 0.246. The molecule has 1 unspecified atom stereocenters. The van der Waals surface area contributed by atoms with Crippen molar-refractivity contribution in [3.05, 3.63) is 70.6 Å². The van der Waals surface area contributed by atoms with Crippen molar-refractivity contribution >= 4 is 23.2 Å². The SMILES string of the molecule is C.C=CCCNC(CC)c1ccc(Cl)c(C(=O)c2ccc(N)nc2)c1F.CNCCN. The fraction of sp³-hybridized carbons (Fsp3) is 0.391. The zero-order valence-electron chi connectivity index (χ0n) is 17.6. The van der Waals surface area contributed by atoms with Crippen molar-refractivity contribution < 1.29 is 9.18 Å². The van der Waals surface area contributed by atoms with E-state index in [1.54, 1.807) is 18.2 Å². The normalized spacial score (nSPS) is 11.0. The first-order valence-corrected chi connectivity index (χ1v) is 10.2. The molecule has 1 atom stereocenters. The van der Waals surface area contributed by atoms with E-state index in [2.05, 4.69) is 22.2 Å². The minimum Gasteiger partial charge on any atom is -0.384 e. The minimum atomic E-state index is -0.604. The molecule has 0 saturated heterocycles. The van der Waals surface area contributed by atoms with Crippen LogP contribution in [0.1, 0.15) is 54.7 Å².